The van der Waals surface area contributed by atoms with Gasteiger partial charge < -0.3 is 14.8 Å². The first kappa shape index (κ1) is 23.7. The molecule has 7 nitrogen and oxygen atoms in total. The molecule has 1 aromatic heterocycles. The molecule has 1 N–H and O–H groups in total. The number of para-hydroxylation sites is 1. The highest BCUT2D eigenvalue weighted by Crippen LogP contribution is 2.31. The molecule has 0 saturated heterocycles. The number of halogens is 1. The van der Waals surface area contributed by atoms with Gasteiger partial charge in [0.25, 0.3) is 5.56 Å². The summed E-state index contributed by atoms with van der Waals surface area (Å²) >= 11 is 7.11. The average Bonchev–Trinajstić information content (AvgIpc) is 2.85. The lowest BCUT2D eigenvalue weighted by Crippen LogP contribution is -2.26. The zero-order chi connectivity index (χ0) is 24.2. The second-order valence-electron chi connectivity index (χ2n) is 7.35. The molecule has 0 spiro atoms. The maximum absolute atomic E-state index is 13.5. The number of hydrogen-bond donors (Lipinski definition) is 1. The van der Waals surface area contributed by atoms with Crippen molar-refractivity contribution < 1.29 is 14.3 Å². The highest BCUT2D eigenvalue weighted by molar-refractivity contribution is 8.00. The topological polar surface area (TPSA) is 82.5 Å². The van der Waals surface area contributed by atoms with E-state index in [0.717, 1.165) is 0 Å². The summed E-state index contributed by atoms with van der Waals surface area (Å²) in [6.45, 7) is 1.76. The van der Waals surface area contributed by atoms with Crippen molar-refractivity contribution in [1.82, 2.24) is 9.55 Å². The van der Waals surface area contributed by atoms with Crippen LogP contribution in [0.25, 0.3) is 16.6 Å². The molecule has 1 amide bonds. The van der Waals surface area contributed by atoms with Crippen molar-refractivity contribution in [1.29, 1.82) is 0 Å². The first-order valence-electron chi connectivity index (χ1n) is 10.4. The van der Waals surface area contributed by atoms with Crippen molar-refractivity contribution in [2.75, 3.05) is 19.5 Å². The highest BCUT2D eigenvalue weighted by Gasteiger charge is 2.21. The van der Waals surface area contributed by atoms with Crippen molar-refractivity contribution in [2.24, 2.45) is 0 Å². The zero-order valence-electron chi connectivity index (χ0n) is 18.7. The molecule has 0 bridgehead atoms. The van der Waals surface area contributed by atoms with Gasteiger partial charge in [0, 0.05) is 16.8 Å². The first-order valence-corrected chi connectivity index (χ1v) is 11.6. The van der Waals surface area contributed by atoms with Crippen molar-refractivity contribution >= 4 is 45.9 Å². The Labute approximate surface area is 205 Å². The smallest absolute Gasteiger partial charge is 0.266 e. The molecule has 4 rings (SSSR count). The summed E-state index contributed by atoms with van der Waals surface area (Å²) in [7, 11) is 3.07. The number of anilines is 1. The minimum Gasteiger partial charge on any atom is -0.493 e. The van der Waals surface area contributed by atoms with Crippen LogP contribution in [0.5, 0.6) is 11.5 Å². The maximum atomic E-state index is 13.5. The second-order valence-corrected chi connectivity index (χ2v) is 9.09. The van der Waals surface area contributed by atoms with E-state index in [1.807, 2.05) is 6.07 Å². The standard InChI is InChI=1S/C25H22ClN3O4S/c1-15(23(30)27-17-10-8-16(26)9-11-17)34-25-28-20-7-5-4-6-19(20)24(31)29(25)18-12-13-21(32-2)22(14-18)33-3/h4-15H,1-3H3,(H,27,30). The van der Waals surface area contributed by atoms with E-state index in [2.05, 4.69) is 5.32 Å². The van der Waals surface area contributed by atoms with Crippen molar-refractivity contribution in [3.05, 3.63) is 82.1 Å². The molecule has 1 heterocycles. The summed E-state index contributed by atoms with van der Waals surface area (Å²) in [6, 6.07) is 19.2. The zero-order valence-corrected chi connectivity index (χ0v) is 20.3. The largest absolute Gasteiger partial charge is 0.493 e. The van der Waals surface area contributed by atoms with Crippen LogP contribution >= 0.6 is 23.4 Å². The molecule has 1 atom stereocenters. The quantitative estimate of drug-likeness (QED) is 0.281. The van der Waals surface area contributed by atoms with Crippen molar-refractivity contribution in [2.45, 2.75) is 17.3 Å². The number of methoxy groups -OCH3 is 2. The lowest BCUT2D eigenvalue weighted by Gasteiger charge is -2.17. The Hall–Kier alpha value is -3.49. The number of fused-ring (bicyclic) bond motifs is 1. The highest BCUT2D eigenvalue weighted by atomic mass is 35.5. The van der Waals surface area contributed by atoms with E-state index in [-0.39, 0.29) is 11.5 Å². The Morgan fingerprint density at radius 1 is 1.03 bits per heavy atom. The summed E-state index contributed by atoms with van der Waals surface area (Å²) in [5.41, 5.74) is 1.49. The van der Waals surface area contributed by atoms with Crippen molar-refractivity contribution in [3.63, 3.8) is 0 Å². The van der Waals surface area contributed by atoms with Gasteiger partial charge in [0.2, 0.25) is 5.91 Å². The second kappa shape index (κ2) is 10.2. The van der Waals surface area contributed by atoms with Gasteiger partial charge in [-0.15, -0.1) is 0 Å². The van der Waals surface area contributed by atoms with Gasteiger partial charge in [0.1, 0.15) is 0 Å². The molecule has 4 aromatic rings. The fourth-order valence-corrected chi connectivity index (χ4v) is 4.42. The average molecular weight is 496 g/mol. The van der Waals surface area contributed by atoms with E-state index in [1.54, 1.807) is 74.7 Å². The van der Waals surface area contributed by atoms with Crippen LogP contribution in [0, 0.1) is 0 Å². The van der Waals surface area contributed by atoms with Crippen molar-refractivity contribution in [3.8, 4) is 17.2 Å². The predicted molar refractivity (Wildman–Crippen MR) is 136 cm³/mol. The molecule has 0 aliphatic rings. The molecule has 0 saturated carbocycles. The normalized spacial score (nSPS) is 11.8. The van der Waals surface area contributed by atoms with Crippen LogP contribution in [-0.2, 0) is 4.79 Å². The Morgan fingerprint density at radius 3 is 2.44 bits per heavy atom. The Kier molecular flexibility index (Phi) is 7.09. The number of carbonyl (C=O) groups excluding carboxylic acids is 1. The molecule has 0 aliphatic heterocycles. The van der Waals surface area contributed by atoms with Gasteiger partial charge >= 0.3 is 0 Å². The van der Waals surface area contributed by atoms with E-state index in [9.17, 15) is 9.59 Å². The Balaban J connectivity index is 1.75. The molecular weight excluding hydrogens is 474 g/mol. The minimum atomic E-state index is -0.546. The van der Waals surface area contributed by atoms with Gasteiger partial charge in [0.05, 0.1) is 36.1 Å². The number of carbonyl (C=O) groups is 1. The van der Waals surface area contributed by atoms with Crippen LogP contribution in [0.1, 0.15) is 6.92 Å². The third-order valence-electron chi connectivity index (χ3n) is 5.13. The third-order valence-corrected chi connectivity index (χ3v) is 6.44. The van der Waals surface area contributed by atoms with Crippen LogP contribution in [0.15, 0.2) is 76.7 Å². The number of nitrogens with zero attached hydrogens (tertiary/aromatic N) is 2. The fraction of sp³-hybridized carbons (Fsp3) is 0.160. The van der Waals surface area contributed by atoms with Gasteiger partial charge in [-0.2, -0.15) is 0 Å². The SMILES string of the molecule is COc1ccc(-n2c(SC(C)C(=O)Nc3ccc(Cl)cc3)nc3ccccc3c2=O)cc1OC. The maximum Gasteiger partial charge on any atom is 0.266 e. The molecule has 174 valence electrons. The summed E-state index contributed by atoms with van der Waals surface area (Å²) in [6.07, 6.45) is 0. The number of ether oxygens (including phenoxy) is 2. The summed E-state index contributed by atoms with van der Waals surface area (Å²) in [5, 5.41) is 3.76. The van der Waals surface area contributed by atoms with Crippen LogP contribution in [0.4, 0.5) is 5.69 Å². The predicted octanol–water partition coefficient (Wildman–Crippen LogP) is 5.18. The van der Waals surface area contributed by atoms with E-state index in [0.29, 0.717) is 44.0 Å². The third kappa shape index (κ3) is 4.88. The first-order chi connectivity index (χ1) is 16.4. The molecule has 1 unspecified atom stereocenters. The summed E-state index contributed by atoms with van der Waals surface area (Å²) in [4.78, 5) is 31.1. The van der Waals surface area contributed by atoms with E-state index < -0.39 is 5.25 Å². The lowest BCUT2D eigenvalue weighted by atomic mass is 10.2. The van der Waals surface area contributed by atoms with Gasteiger partial charge in [-0.1, -0.05) is 35.5 Å². The monoisotopic (exact) mass is 495 g/mol. The Bertz CT molecular complexity index is 1410. The molecule has 0 fully saturated rings. The lowest BCUT2D eigenvalue weighted by molar-refractivity contribution is -0.115. The van der Waals surface area contributed by atoms with Gasteiger partial charge in [-0.25, -0.2) is 4.98 Å². The van der Waals surface area contributed by atoms with E-state index >= 15 is 0 Å². The fourth-order valence-electron chi connectivity index (χ4n) is 3.37. The molecule has 9 heteroatoms. The summed E-state index contributed by atoms with van der Waals surface area (Å²) in [5.74, 6) is 0.788. The van der Waals surface area contributed by atoms with Crippen LogP contribution in [-0.4, -0.2) is 34.9 Å². The van der Waals surface area contributed by atoms with Crippen LogP contribution in [0.2, 0.25) is 5.02 Å². The van der Waals surface area contributed by atoms with Crippen LogP contribution in [0.3, 0.4) is 0 Å². The number of amides is 1. The van der Waals surface area contributed by atoms with Gasteiger partial charge in [0.15, 0.2) is 16.7 Å². The van der Waals surface area contributed by atoms with E-state index in [1.165, 1.54) is 23.4 Å². The van der Waals surface area contributed by atoms with Gasteiger partial charge in [-0.05, 0) is 55.5 Å². The number of rotatable bonds is 7. The number of benzene rings is 3. The number of hydrogen-bond acceptors (Lipinski definition) is 6. The summed E-state index contributed by atoms with van der Waals surface area (Å²) < 4.78 is 12.2. The molecule has 0 aliphatic carbocycles. The number of nitrogens with one attached hydrogen (secondary N) is 1. The number of aromatic nitrogens is 2. The molecule has 34 heavy (non-hydrogen) atoms. The van der Waals surface area contributed by atoms with Crippen LogP contribution < -0.4 is 20.3 Å². The minimum absolute atomic E-state index is 0.228. The molecule has 0 radical (unpaired) electrons. The molecule has 3 aromatic carbocycles. The van der Waals surface area contributed by atoms with E-state index in [4.69, 9.17) is 26.1 Å². The molecular formula is C25H22ClN3O4S. The number of thioether (sulfide) groups is 1. The Morgan fingerprint density at radius 2 is 1.74 bits per heavy atom. The van der Waals surface area contributed by atoms with Gasteiger partial charge in [-0.3, -0.25) is 14.2 Å².